The number of nitrogens with zero attached hydrogens (tertiary/aromatic N) is 2. The molecule has 0 spiro atoms. The Kier molecular flexibility index (Phi) is 5.62. The predicted molar refractivity (Wildman–Crippen MR) is 131 cm³/mol. The number of imidazole rings is 1. The number of halogens is 6. The maximum atomic E-state index is 15.1. The molecule has 2 heterocycles. The molecule has 0 saturated heterocycles. The molecule has 1 fully saturated rings. The van der Waals surface area contributed by atoms with E-state index in [1.807, 2.05) is 0 Å². The van der Waals surface area contributed by atoms with Crippen molar-refractivity contribution < 1.29 is 41.4 Å². The third kappa shape index (κ3) is 3.64. The highest BCUT2D eigenvalue weighted by Gasteiger charge is 2.72. The van der Waals surface area contributed by atoms with Crippen molar-refractivity contribution in [3.05, 3.63) is 88.2 Å². The SMILES string of the molecule is O=C(NC1CC(F)(F)C1(F)F)Oc1nc2ccc(C3(O)c4ccccc4C(=O)N3c3cccc(Cl)c3F)cc2[nH]1. The van der Waals surface area contributed by atoms with E-state index in [-0.39, 0.29) is 38.4 Å². The highest BCUT2D eigenvalue weighted by atomic mass is 35.5. The first-order valence-electron chi connectivity index (χ1n) is 11.7. The molecule has 2 aliphatic rings. The number of hydrogen-bond donors (Lipinski definition) is 3. The number of aromatic amines is 1. The first-order chi connectivity index (χ1) is 18.8. The van der Waals surface area contributed by atoms with Crippen molar-refractivity contribution in [3.63, 3.8) is 0 Å². The van der Waals surface area contributed by atoms with Crippen LogP contribution in [0.2, 0.25) is 5.02 Å². The van der Waals surface area contributed by atoms with Crippen molar-refractivity contribution in [2.45, 2.75) is 30.0 Å². The molecule has 1 saturated carbocycles. The van der Waals surface area contributed by atoms with Gasteiger partial charge in [-0.25, -0.2) is 9.18 Å². The highest BCUT2D eigenvalue weighted by molar-refractivity contribution is 6.31. The molecule has 14 heteroatoms. The monoisotopic (exact) mass is 578 g/mol. The summed E-state index contributed by atoms with van der Waals surface area (Å²) in [7, 11) is 0. The molecule has 0 bridgehead atoms. The van der Waals surface area contributed by atoms with Gasteiger partial charge < -0.3 is 20.1 Å². The van der Waals surface area contributed by atoms with Crippen LogP contribution in [0.25, 0.3) is 11.0 Å². The number of ether oxygens (including phenoxy) is 1. The van der Waals surface area contributed by atoms with Gasteiger partial charge in [0.1, 0.15) is 6.04 Å². The minimum Gasteiger partial charge on any atom is -0.375 e. The first-order valence-corrected chi connectivity index (χ1v) is 12.1. The fourth-order valence-electron chi connectivity index (χ4n) is 4.89. The summed E-state index contributed by atoms with van der Waals surface area (Å²) in [6.45, 7) is 0. The number of amides is 2. The molecule has 3 aromatic carbocycles. The number of nitrogens with one attached hydrogen (secondary N) is 2. The zero-order chi connectivity index (χ0) is 28.6. The maximum Gasteiger partial charge on any atom is 0.415 e. The van der Waals surface area contributed by atoms with E-state index in [1.165, 1.54) is 48.5 Å². The Bertz CT molecular complexity index is 1710. The quantitative estimate of drug-likeness (QED) is 0.283. The predicted octanol–water partition coefficient (Wildman–Crippen LogP) is 5.34. The van der Waals surface area contributed by atoms with Crippen molar-refractivity contribution in [2.75, 3.05) is 4.90 Å². The molecular weight excluding hydrogens is 563 g/mol. The largest absolute Gasteiger partial charge is 0.415 e. The molecule has 1 aliphatic carbocycles. The smallest absolute Gasteiger partial charge is 0.375 e. The van der Waals surface area contributed by atoms with E-state index in [2.05, 4.69) is 9.97 Å². The maximum absolute atomic E-state index is 15.1. The van der Waals surface area contributed by atoms with Gasteiger partial charge in [0.15, 0.2) is 11.5 Å². The molecule has 3 N–H and O–H groups in total. The Labute approximate surface area is 226 Å². The lowest BCUT2D eigenvalue weighted by molar-refractivity contribution is -0.291. The van der Waals surface area contributed by atoms with E-state index in [0.717, 1.165) is 4.90 Å². The Morgan fingerprint density at radius 1 is 1.12 bits per heavy atom. The lowest BCUT2D eigenvalue weighted by Crippen LogP contribution is -2.68. The Balaban J connectivity index is 1.35. The number of anilines is 1. The second-order valence-electron chi connectivity index (χ2n) is 9.32. The number of aliphatic hydroxyl groups is 1. The number of rotatable bonds is 4. The average molecular weight is 579 g/mol. The van der Waals surface area contributed by atoms with E-state index < -0.39 is 53.9 Å². The Morgan fingerprint density at radius 3 is 2.60 bits per heavy atom. The summed E-state index contributed by atoms with van der Waals surface area (Å²) in [5.74, 6) is -10.3. The Hall–Kier alpha value is -4.23. The number of carbonyl (C=O) groups excluding carboxylic acids is 2. The summed E-state index contributed by atoms with van der Waals surface area (Å²) < 4.78 is 73.0. The Morgan fingerprint density at radius 2 is 1.88 bits per heavy atom. The third-order valence-corrected chi connectivity index (χ3v) is 7.25. The summed E-state index contributed by atoms with van der Waals surface area (Å²) >= 11 is 5.95. The van der Waals surface area contributed by atoms with Crippen LogP contribution in [0, 0.1) is 5.82 Å². The van der Waals surface area contributed by atoms with Crippen LogP contribution in [0.1, 0.15) is 27.9 Å². The van der Waals surface area contributed by atoms with Crippen molar-refractivity contribution >= 4 is 40.3 Å². The fourth-order valence-corrected chi connectivity index (χ4v) is 5.06. The summed E-state index contributed by atoms with van der Waals surface area (Å²) in [6, 6.07) is 11.8. The second kappa shape index (κ2) is 8.63. The number of carbonyl (C=O) groups is 2. The molecule has 2 amide bonds. The van der Waals surface area contributed by atoms with Crippen LogP contribution in [0.4, 0.5) is 32.4 Å². The fraction of sp³-hybridized carbons (Fsp3) is 0.192. The molecule has 8 nitrogen and oxygen atoms in total. The molecular formula is C26H16ClF5N4O4. The van der Waals surface area contributed by atoms with Crippen molar-refractivity contribution in [3.8, 4) is 6.01 Å². The third-order valence-electron chi connectivity index (χ3n) is 6.96. The number of hydrogen-bond acceptors (Lipinski definition) is 5. The van der Waals surface area contributed by atoms with Gasteiger partial charge >= 0.3 is 23.9 Å². The number of fused-ring (bicyclic) bond motifs is 2. The zero-order valence-corrected chi connectivity index (χ0v) is 20.6. The van der Waals surface area contributed by atoms with Gasteiger partial charge in [-0.2, -0.15) is 22.5 Å². The van der Waals surface area contributed by atoms with Crippen LogP contribution in [0.3, 0.4) is 0 Å². The van der Waals surface area contributed by atoms with E-state index in [4.69, 9.17) is 16.3 Å². The number of H-pyrrole nitrogens is 1. The molecule has 1 aliphatic heterocycles. The van der Waals surface area contributed by atoms with Crippen LogP contribution in [-0.4, -0.2) is 45.0 Å². The van der Waals surface area contributed by atoms with E-state index in [9.17, 15) is 32.3 Å². The first kappa shape index (κ1) is 26.0. The van der Waals surface area contributed by atoms with Crippen LogP contribution >= 0.6 is 11.6 Å². The average Bonchev–Trinajstić information content (AvgIpc) is 3.41. The lowest BCUT2D eigenvalue weighted by atomic mass is 9.83. The van der Waals surface area contributed by atoms with Crippen LogP contribution < -0.4 is 15.0 Å². The van der Waals surface area contributed by atoms with Gasteiger partial charge in [0.2, 0.25) is 0 Å². The molecule has 6 rings (SSSR count). The molecule has 4 aromatic rings. The van der Waals surface area contributed by atoms with Gasteiger partial charge in [-0.3, -0.25) is 9.69 Å². The number of benzene rings is 3. The van der Waals surface area contributed by atoms with Gasteiger partial charge in [-0.1, -0.05) is 41.9 Å². The summed E-state index contributed by atoms with van der Waals surface area (Å²) in [5.41, 5.74) is -1.74. The summed E-state index contributed by atoms with van der Waals surface area (Å²) in [5, 5.41) is 13.5. The summed E-state index contributed by atoms with van der Waals surface area (Å²) in [6.07, 6.45) is -2.68. The standard InChI is InChI=1S/C26H16ClF5N4O4/c27-15-6-3-7-18(20(15)28)36-21(37)13-4-1-2-5-14(13)25(36,39)12-8-9-16-17(10-12)34-22(33-16)40-23(38)35-19-11-24(29,30)26(19,31)32/h1-10,19,39H,11H2,(H,33,34)(H,35,38). The lowest BCUT2D eigenvalue weighted by Gasteiger charge is -2.43. The summed E-state index contributed by atoms with van der Waals surface area (Å²) in [4.78, 5) is 33.0. The van der Waals surface area contributed by atoms with Gasteiger partial charge in [-0.15, -0.1) is 0 Å². The van der Waals surface area contributed by atoms with Crippen LogP contribution in [0.15, 0.2) is 60.7 Å². The van der Waals surface area contributed by atoms with Gasteiger partial charge in [0.05, 0.1) is 21.7 Å². The van der Waals surface area contributed by atoms with E-state index >= 15 is 4.39 Å². The van der Waals surface area contributed by atoms with Gasteiger partial charge in [0, 0.05) is 23.1 Å². The zero-order valence-electron chi connectivity index (χ0n) is 19.9. The molecule has 2 atom stereocenters. The number of alkyl halides is 4. The topological polar surface area (TPSA) is 108 Å². The minimum atomic E-state index is -4.42. The highest BCUT2D eigenvalue weighted by Crippen LogP contribution is 2.51. The van der Waals surface area contributed by atoms with Crippen molar-refractivity contribution in [2.24, 2.45) is 0 Å². The minimum absolute atomic E-state index is 0.0914. The van der Waals surface area contributed by atoms with E-state index in [1.54, 1.807) is 17.4 Å². The molecule has 206 valence electrons. The molecule has 0 radical (unpaired) electrons. The molecule has 40 heavy (non-hydrogen) atoms. The van der Waals surface area contributed by atoms with E-state index in [0.29, 0.717) is 0 Å². The van der Waals surface area contributed by atoms with Crippen LogP contribution in [0.5, 0.6) is 6.01 Å². The van der Waals surface area contributed by atoms with Crippen molar-refractivity contribution in [1.29, 1.82) is 0 Å². The number of aromatic nitrogens is 2. The van der Waals surface area contributed by atoms with Gasteiger partial charge in [-0.05, 0) is 30.3 Å². The normalized spacial score (nSPS) is 22.6. The van der Waals surface area contributed by atoms with Gasteiger partial charge in [0.25, 0.3) is 5.91 Å². The molecule has 2 unspecified atom stereocenters. The second-order valence-corrected chi connectivity index (χ2v) is 9.73. The van der Waals surface area contributed by atoms with Crippen LogP contribution in [-0.2, 0) is 5.72 Å². The molecule has 1 aromatic heterocycles. The van der Waals surface area contributed by atoms with Crippen molar-refractivity contribution in [1.82, 2.24) is 15.3 Å².